The van der Waals surface area contributed by atoms with E-state index < -0.39 is 13.3 Å². The second kappa shape index (κ2) is 3.34. The van der Waals surface area contributed by atoms with Crippen molar-refractivity contribution in [1.29, 1.82) is 0 Å². The summed E-state index contributed by atoms with van der Waals surface area (Å²) >= 11 is 2.54. The zero-order valence-corrected chi connectivity index (χ0v) is 10.8. The maximum absolute atomic E-state index is 11.9. The van der Waals surface area contributed by atoms with Crippen LogP contribution in [0.5, 0.6) is 0 Å². The molecule has 0 radical (unpaired) electrons. The van der Waals surface area contributed by atoms with Crippen LogP contribution < -0.4 is 0 Å². The van der Waals surface area contributed by atoms with Gasteiger partial charge in [-0.1, -0.05) is 22.8 Å². The largest absolute Gasteiger partial charge is 0.285 e. The molecule has 8 heteroatoms. The van der Waals surface area contributed by atoms with Crippen LogP contribution in [0.15, 0.2) is 0 Å². The molecule has 4 nitrogen and oxygen atoms in total. The molecule has 0 unspecified atom stereocenters. The molecule has 0 atom stereocenters. The molecule has 0 saturated carbocycles. The van der Waals surface area contributed by atoms with E-state index in [1.807, 2.05) is 0 Å². The fourth-order valence-corrected chi connectivity index (χ4v) is 15.9. The number of hydrogen-bond acceptors (Lipinski definition) is 4. The predicted molar refractivity (Wildman–Crippen MR) is 57.8 cm³/mol. The molecule has 1 aliphatic rings. The molecular formula is C4H12N2O2P2S2. The molecule has 0 N–H and O–H groups in total. The van der Waals surface area contributed by atoms with Crippen molar-refractivity contribution in [2.75, 3.05) is 26.6 Å². The van der Waals surface area contributed by atoms with Crippen LogP contribution in [-0.2, 0) is 9.13 Å². The summed E-state index contributed by atoms with van der Waals surface area (Å²) < 4.78 is 26.9. The molecule has 0 amide bonds. The van der Waals surface area contributed by atoms with Gasteiger partial charge in [0.15, 0.2) is 0 Å². The highest BCUT2D eigenvalue weighted by Crippen LogP contribution is 2.92. The van der Waals surface area contributed by atoms with E-state index in [4.69, 9.17) is 0 Å². The molecule has 1 heterocycles. The van der Waals surface area contributed by atoms with Gasteiger partial charge in [0.25, 0.3) is 13.3 Å². The Morgan fingerprint density at radius 1 is 0.917 bits per heavy atom. The molecule has 0 spiro atoms. The van der Waals surface area contributed by atoms with Crippen LogP contribution in [0.25, 0.3) is 0 Å². The summed E-state index contributed by atoms with van der Waals surface area (Å²) in [6.07, 6.45) is 3.55. The third-order valence-corrected chi connectivity index (χ3v) is 16.0. The molecule has 0 aromatic rings. The second-order valence-electron chi connectivity index (χ2n) is 2.33. The Morgan fingerprint density at radius 2 is 1.17 bits per heavy atom. The summed E-state index contributed by atoms with van der Waals surface area (Å²) in [6, 6.07) is 0. The molecule has 0 aromatic heterocycles. The maximum atomic E-state index is 11.9. The maximum Gasteiger partial charge on any atom is 0.285 e. The highest BCUT2D eigenvalue weighted by atomic mass is 32.8. The van der Waals surface area contributed by atoms with E-state index in [0.29, 0.717) is 0 Å². The fraction of sp³-hybridized carbons (Fsp3) is 1.00. The Bertz CT molecular complexity index is 240. The molecule has 0 aliphatic carbocycles. The van der Waals surface area contributed by atoms with Crippen LogP contribution in [0, 0.1) is 0 Å². The van der Waals surface area contributed by atoms with Gasteiger partial charge in [-0.25, -0.2) is 0 Å². The van der Waals surface area contributed by atoms with Crippen molar-refractivity contribution in [3.63, 3.8) is 0 Å². The van der Waals surface area contributed by atoms with Gasteiger partial charge in [0.05, 0.1) is 0 Å². The first kappa shape index (κ1) is 11.2. The molecule has 1 aliphatic heterocycles. The van der Waals surface area contributed by atoms with E-state index in [9.17, 15) is 9.13 Å². The molecule has 0 bridgehead atoms. The Hall–Kier alpha value is 1.08. The Morgan fingerprint density at radius 3 is 1.33 bits per heavy atom. The van der Waals surface area contributed by atoms with Crippen LogP contribution in [-0.4, -0.2) is 35.5 Å². The van der Waals surface area contributed by atoms with Gasteiger partial charge in [-0.3, -0.25) is 9.13 Å². The van der Waals surface area contributed by atoms with Gasteiger partial charge in [0.2, 0.25) is 0 Å². The fourth-order valence-electron chi connectivity index (χ4n) is 1.10. The highest BCUT2D eigenvalue weighted by Gasteiger charge is 2.60. The van der Waals surface area contributed by atoms with Crippen molar-refractivity contribution in [3.8, 4) is 0 Å². The molecule has 1 fully saturated rings. The first-order valence-electron chi connectivity index (χ1n) is 3.24. The summed E-state index contributed by atoms with van der Waals surface area (Å²) in [5.74, 6) is 0. The minimum Gasteiger partial charge on any atom is -0.276 e. The standard InChI is InChI=1S/C4H12N2O2P2S2/c1-5-9(7,11-3)6(2)10(5,8)12-4/h1-4H3. The van der Waals surface area contributed by atoms with Gasteiger partial charge < -0.3 is 0 Å². The topological polar surface area (TPSA) is 40.6 Å². The van der Waals surface area contributed by atoms with Crippen LogP contribution in [0.1, 0.15) is 0 Å². The van der Waals surface area contributed by atoms with Gasteiger partial charge in [-0.2, -0.15) is 8.88 Å². The van der Waals surface area contributed by atoms with E-state index in [1.165, 1.54) is 31.6 Å². The summed E-state index contributed by atoms with van der Waals surface area (Å²) in [7, 11) is 3.32. The lowest BCUT2D eigenvalue weighted by Gasteiger charge is -2.50. The Balaban J connectivity index is 2.97. The van der Waals surface area contributed by atoms with Crippen LogP contribution in [0.2, 0.25) is 0 Å². The molecule has 12 heavy (non-hydrogen) atoms. The second-order valence-corrected chi connectivity index (χ2v) is 13.1. The number of hydrogen-bond donors (Lipinski definition) is 0. The summed E-state index contributed by atoms with van der Waals surface area (Å²) in [5, 5.41) is 0. The Kier molecular flexibility index (Phi) is 3.10. The van der Waals surface area contributed by atoms with E-state index in [0.717, 1.165) is 0 Å². The van der Waals surface area contributed by atoms with Crippen LogP contribution in [0.3, 0.4) is 0 Å². The highest BCUT2D eigenvalue weighted by molar-refractivity contribution is 8.68. The van der Waals surface area contributed by atoms with Crippen molar-refractivity contribution in [2.45, 2.75) is 0 Å². The van der Waals surface area contributed by atoms with Crippen molar-refractivity contribution in [3.05, 3.63) is 0 Å². The summed E-state index contributed by atoms with van der Waals surface area (Å²) in [4.78, 5) is 0. The summed E-state index contributed by atoms with van der Waals surface area (Å²) in [5.41, 5.74) is 0. The normalized spacial score (nSPS) is 44.3. The third kappa shape index (κ3) is 1.17. The van der Waals surface area contributed by atoms with Crippen molar-refractivity contribution in [2.24, 2.45) is 0 Å². The van der Waals surface area contributed by atoms with E-state index >= 15 is 0 Å². The van der Waals surface area contributed by atoms with Crippen LogP contribution >= 0.6 is 36.1 Å². The summed E-state index contributed by atoms with van der Waals surface area (Å²) in [6.45, 7) is -4.99. The average Bonchev–Trinajstić information content (AvgIpc) is 2.13. The van der Waals surface area contributed by atoms with Gasteiger partial charge in [-0.05, 0) is 12.5 Å². The minimum absolute atomic E-state index is 1.27. The van der Waals surface area contributed by atoms with Gasteiger partial charge >= 0.3 is 0 Å². The third-order valence-electron chi connectivity index (χ3n) is 1.94. The minimum atomic E-state index is -2.49. The van der Waals surface area contributed by atoms with E-state index in [-0.39, 0.29) is 0 Å². The molecule has 0 aromatic carbocycles. The molecule has 72 valence electrons. The number of rotatable bonds is 2. The lowest BCUT2D eigenvalue weighted by molar-refractivity contribution is 0.453. The Labute approximate surface area is 80.9 Å². The first-order valence-corrected chi connectivity index (χ1v) is 10.1. The van der Waals surface area contributed by atoms with Crippen molar-refractivity contribution in [1.82, 2.24) is 8.88 Å². The SMILES string of the molecule is CSP1(=O)N(C)P(=O)(SC)N1C. The lowest BCUT2D eigenvalue weighted by atomic mass is 11.6. The van der Waals surface area contributed by atoms with Crippen LogP contribution in [0.4, 0.5) is 0 Å². The lowest BCUT2D eigenvalue weighted by Crippen LogP contribution is -2.34. The zero-order valence-electron chi connectivity index (χ0n) is 7.42. The average molecular weight is 246 g/mol. The van der Waals surface area contributed by atoms with Crippen molar-refractivity contribution < 1.29 is 9.13 Å². The quantitative estimate of drug-likeness (QED) is 0.698. The van der Waals surface area contributed by atoms with Gasteiger partial charge in [0.1, 0.15) is 0 Å². The van der Waals surface area contributed by atoms with Crippen molar-refractivity contribution >= 4 is 36.1 Å². The van der Waals surface area contributed by atoms with E-state index in [1.54, 1.807) is 26.6 Å². The monoisotopic (exact) mass is 246 g/mol. The molecule has 1 saturated heterocycles. The van der Waals surface area contributed by atoms with Gasteiger partial charge in [-0.15, -0.1) is 0 Å². The van der Waals surface area contributed by atoms with Gasteiger partial charge in [0, 0.05) is 14.1 Å². The first-order chi connectivity index (χ1) is 5.43. The molecular weight excluding hydrogens is 234 g/mol. The predicted octanol–water partition coefficient (Wildman–Crippen LogP) is 2.81. The zero-order chi connectivity index (χ0) is 9.57. The molecule has 1 rings (SSSR count). The van der Waals surface area contributed by atoms with E-state index in [2.05, 4.69) is 0 Å². The number of nitrogens with zero attached hydrogens (tertiary/aromatic N) is 2. The smallest absolute Gasteiger partial charge is 0.276 e.